The van der Waals surface area contributed by atoms with Crippen LogP contribution in [0.25, 0.3) is 5.69 Å². The lowest BCUT2D eigenvalue weighted by Crippen LogP contribution is -2.10. The van der Waals surface area contributed by atoms with Gasteiger partial charge in [-0.1, -0.05) is 31.5 Å². The smallest absolute Gasteiger partial charge is 0.151 e. The second kappa shape index (κ2) is 6.17. The molecule has 2 aromatic rings. The maximum atomic E-state index is 6.28. The summed E-state index contributed by atoms with van der Waals surface area (Å²) >= 11 is 6.28. The summed E-state index contributed by atoms with van der Waals surface area (Å²) in [7, 11) is 0. The second-order valence-electron chi connectivity index (χ2n) is 4.34. The molecule has 0 aliphatic carbocycles. The van der Waals surface area contributed by atoms with Crippen LogP contribution in [-0.4, -0.2) is 21.3 Å². The molecule has 102 valence electrons. The first-order chi connectivity index (χ1) is 9.21. The zero-order valence-electron chi connectivity index (χ0n) is 11.4. The van der Waals surface area contributed by atoms with Crippen LogP contribution in [0.15, 0.2) is 18.2 Å². The van der Waals surface area contributed by atoms with Crippen molar-refractivity contribution >= 4 is 11.6 Å². The van der Waals surface area contributed by atoms with Gasteiger partial charge in [0.2, 0.25) is 0 Å². The van der Waals surface area contributed by atoms with Gasteiger partial charge in [0, 0.05) is 17.9 Å². The Morgan fingerprint density at radius 3 is 2.68 bits per heavy atom. The molecule has 1 aromatic carbocycles. The van der Waals surface area contributed by atoms with Crippen LogP contribution in [0.5, 0.6) is 0 Å². The minimum atomic E-state index is 0.563. The molecule has 0 amide bonds. The summed E-state index contributed by atoms with van der Waals surface area (Å²) in [4.78, 5) is 4.53. The molecular formula is C14H19ClN4. The maximum Gasteiger partial charge on any atom is 0.151 e. The fourth-order valence-electron chi connectivity index (χ4n) is 2.10. The van der Waals surface area contributed by atoms with E-state index in [1.807, 2.05) is 22.9 Å². The Hall–Kier alpha value is -1.39. The van der Waals surface area contributed by atoms with Gasteiger partial charge >= 0.3 is 0 Å². The van der Waals surface area contributed by atoms with Crippen molar-refractivity contribution in [2.45, 2.75) is 33.1 Å². The van der Waals surface area contributed by atoms with Gasteiger partial charge in [-0.15, -0.1) is 0 Å². The molecule has 0 aliphatic heterocycles. The largest absolute Gasteiger partial charge is 0.330 e. The van der Waals surface area contributed by atoms with Gasteiger partial charge < -0.3 is 5.73 Å². The van der Waals surface area contributed by atoms with Gasteiger partial charge in [-0.25, -0.2) is 9.67 Å². The average molecular weight is 279 g/mol. The van der Waals surface area contributed by atoms with Crippen LogP contribution < -0.4 is 5.73 Å². The first-order valence-electron chi connectivity index (χ1n) is 6.63. The molecule has 4 nitrogen and oxygen atoms in total. The minimum absolute atomic E-state index is 0.563. The maximum absolute atomic E-state index is 6.28. The van der Waals surface area contributed by atoms with Crippen molar-refractivity contribution < 1.29 is 0 Å². The molecule has 0 bridgehead atoms. The normalized spacial score (nSPS) is 10.9. The average Bonchev–Trinajstić information content (AvgIpc) is 2.84. The Kier molecular flexibility index (Phi) is 4.56. The lowest BCUT2D eigenvalue weighted by Gasteiger charge is -2.12. The standard InChI is InChI=1S/C14H19ClN4/c1-3-13-17-14(4-2)19(18-13)12-7-5-6-11(15)10(12)8-9-16/h5-7H,3-4,8-9,16H2,1-2H3. The molecule has 19 heavy (non-hydrogen) atoms. The van der Waals surface area contributed by atoms with E-state index in [4.69, 9.17) is 17.3 Å². The predicted octanol–water partition coefficient (Wildman–Crippen LogP) is 2.55. The van der Waals surface area contributed by atoms with E-state index in [2.05, 4.69) is 23.9 Å². The summed E-state index contributed by atoms with van der Waals surface area (Å²) in [5, 5.41) is 5.29. The summed E-state index contributed by atoms with van der Waals surface area (Å²) in [5.74, 6) is 1.81. The van der Waals surface area contributed by atoms with Crippen molar-refractivity contribution in [1.82, 2.24) is 14.8 Å². The molecule has 1 aromatic heterocycles. The highest BCUT2D eigenvalue weighted by atomic mass is 35.5. The fourth-order valence-corrected chi connectivity index (χ4v) is 2.36. The van der Waals surface area contributed by atoms with Gasteiger partial charge in [0.15, 0.2) is 5.82 Å². The third-order valence-corrected chi connectivity index (χ3v) is 3.42. The lowest BCUT2D eigenvalue weighted by atomic mass is 10.1. The number of hydrogen-bond donors (Lipinski definition) is 1. The predicted molar refractivity (Wildman–Crippen MR) is 77.9 cm³/mol. The van der Waals surface area contributed by atoms with Crippen LogP contribution in [-0.2, 0) is 19.3 Å². The molecule has 1 heterocycles. The van der Waals surface area contributed by atoms with Gasteiger partial charge in [0.25, 0.3) is 0 Å². The molecule has 0 aliphatic rings. The Labute approximate surface area is 118 Å². The molecule has 0 fully saturated rings. The highest BCUT2D eigenvalue weighted by Crippen LogP contribution is 2.24. The monoisotopic (exact) mass is 278 g/mol. The quantitative estimate of drug-likeness (QED) is 0.914. The van der Waals surface area contributed by atoms with Crippen molar-refractivity contribution in [1.29, 1.82) is 0 Å². The van der Waals surface area contributed by atoms with Crippen LogP contribution >= 0.6 is 11.6 Å². The minimum Gasteiger partial charge on any atom is -0.330 e. The number of rotatable bonds is 5. The highest BCUT2D eigenvalue weighted by Gasteiger charge is 2.14. The second-order valence-corrected chi connectivity index (χ2v) is 4.75. The van der Waals surface area contributed by atoms with E-state index in [0.29, 0.717) is 6.54 Å². The van der Waals surface area contributed by atoms with E-state index >= 15 is 0 Å². The van der Waals surface area contributed by atoms with E-state index in [0.717, 1.165) is 47.2 Å². The Morgan fingerprint density at radius 2 is 2.05 bits per heavy atom. The summed E-state index contributed by atoms with van der Waals surface area (Å²) < 4.78 is 1.90. The van der Waals surface area contributed by atoms with Crippen molar-refractivity contribution in [3.63, 3.8) is 0 Å². The third-order valence-electron chi connectivity index (χ3n) is 3.07. The first kappa shape index (κ1) is 14.0. The fraction of sp³-hybridized carbons (Fsp3) is 0.429. The summed E-state index contributed by atoms with van der Waals surface area (Å²) in [6, 6.07) is 5.84. The first-order valence-corrected chi connectivity index (χ1v) is 7.01. The van der Waals surface area contributed by atoms with Crippen LogP contribution in [0.2, 0.25) is 5.02 Å². The SMILES string of the molecule is CCc1nc(CC)n(-c2cccc(Cl)c2CCN)n1. The number of halogens is 1. The molecular weight excluding hydrogens is 260 g/mol. The molecule has 2 N–H and O–H groups in total. The van der Waals surface area contributed by atoms with Crippen LogP contribution in [0.1, 0.15) is 31.1 Å². The number of nitrogens with zero attached hydrogens (tertiary/aromatic N) is 3. The van der Waals surface area contributed by atoms with Gasteiger partial charge in [0.05, 0.1) is 5.69 Å². The number of aromatic nitrogens is 3. The molecule has 0 spiro atoms. The van der Waals surface area contributed by atoms with E-state index in [-0.39, 0.29) is 0 Å². The van der Waals surface area contributed by atoms with E-state index in [9.17, 15) is 0 Å². The number of aryl methyl sites for hydroxylation is 2. The number of hydrogen-bond acceptors (Lipinski definition) is 3. The summed E-state index contributed by atoms with van der Waals surface area (Å²) in [5.41, 5.74) is 7.70. The zero-order chi connectivity index (χ0) is 13.8. The van der Waals surface area contributed by atoms with Gasteiger partial charge in [0.1, 0.15) is 5.82 Å². The topological polar surface area (TPSA) is 56.7 Å². The van der Waals surface area contributed by atoms with Crippen molar-refractivity contribution in [3.8, 4) is 5.69 Å². The molecule has 0 atom stereocenters. The molecule has 0 saturated heterocycles. The van der Waals surface area contributed by atoms with E-state index in [1.54, 1.807) is 0 Å². The molecule has 0 radical (unpaired) electrons. The van der Waals surface area contributed by atoms with E-state index < -0.39 is 0 Å². The van der Waals surface area contributed by atoms with Gasteiger partial charge in [-0.05, 0) is 30.7 Å². The Balaban J connectivity index is 2.57. The zero-order valence-corrected chi connectivity index (χ0v) is 12.1. The Morgan fingerprint density at radius 1 is 1.26 bits per heavy atom. The van der Waals surface area contributed by atoms with Crippen molar-refractivity contribution in [2.75, 3.05) is 6.54 Å². The third kappa shape index (κ3) is 2.80. The summed E-state index contributed by atoms with van der Waals surface area (Å²) in [6.07, 6.45) is 2.40. The molecule has 0 unspecified atom stereocenters. The highest BCUT2D eigenvalue weighted by molar-refractivity contribution is 6.31. The molecule has 2 rings (SSSR count). The Bertz CT molecular complexity index is 563. The summed E-state index contributed by atoms with van der Waals surface area (Å²) in [6.45, 7) is 4.69. The van der Waals surface area contributed by atoms with Crippen LogP contribution in [0.3, 0.4) is 0 Å². The van der Waals surface area contributed by atoms with Gasteiger partial charge in [-0.2, -0.15) is 5.10 Å². The van der Waals surface area contributed by atoms with Crippen LogP contribution in [0, 0.1) is 0 Å². The van der Waals surface area contributed by atoms with Gasteiger partial charge in [-0.3, -0.25) is 0 Å². The molecule has 0 saturated carbocycles. The molecule has 5 heteroatoms. The number of benzene rings is 1. The van der Waals surface area contributed by atoms with Crippen molar-refractivity contribution in [2.24, 2.45) is 5.73 Å². The lowest BCUT2D eigenvalue weighted by molar-refractivity contribution is 0.777. The van der Waals surface area contributed by atoms with Crippen LogP contribution in [0.4, 0.5) is 0 Å². The number of nitrogens with two attached hydrogens (primary N) is 1. The van der Waals surface area contributed by atoms with E-state index in [1.165, 1.54) is 0 Å². The van der Waals surface area contributed by atoms with Crippen molar-refractivity contribution in [3.05, 3.63) is 40.4 Å².